The van der Waals surface area contributed by atoms with E-state index in [0.29, 0.717) is 17.6 Å². The normalized spacial score (nSPS) is 15.2. The van der Waals surface area contributed by atoms with Gasteiger partial charge in [-0.25, -0.2) is 0 Å². The molecule has 1 heteroatoms. The van der Waals surface area contributed by atoms with Crippen molar-refractivity contribution in [1.82, 2.24) is 0 Å². The molecule has 1 aromatic rings. The largest absolute Gasteiger partial charge is 0.294 e. The summed E-state index contributed by atoms with van der Waals surface area (Å²) >= 11 is 0. The Bertz CT molecular complexity index is 469. The molecule has 0 atom stereocenters. The second kappa shape index (κ2) is 5.90. The van der Waals surface area contributed by atoms with Gasteiger partial charge in [0.05, 0.1) is 0 Å². The number of carbonyl (C=O) groups is 1. The number of Topliss-reactive ketones (excluding diaryl/α,β-unsaturated/α-hetero) is 1. The Morgan fingerprint density at radius 1 is 1.00 bits per heavy atom. The zero-order chi connectivity index (χ0) is 14.0. The molecule has 0 saturated carbocycles. The number of hydrogen-bond acceptors (Lipinski definition) is 1. The van der Waals surface area contributed by atoms with Gasteiger partial charge in [-0.1, -0.05) is 33.8 Å². The fraction of sp³-hybridized carbons (Fsp3) is 0.611. The molecular weight excluding hydrogens is 232 g/mol. The smallest absolute Gasteiger partial charge is 0.163 e. The molecule has 0 fully saturated rings. The minimum absolute atomic E-state index is 0.358. The van der Waals surface area contributed by atoms with Gasteiger partial charge < -0.3 is 0 Å². The summed E-state index contributed by atoms with van der Waals surface area (Å²) in [7, 11) is 0. The van der Waals surface area contributed by atoms with Crippen LogP contribution in [0.3, 0.4) is 0 Å². The molecule has 1 aliphatic rings. The van der Waals surface area contributed by atoms with Gasteiger partial charge in [0.25, 0.3) is 0 Å². The van der Waals surface area contributed by atoms with Crippen LogP contribution in [0.5, 0.6) is 0 Å². The number of rotatable bonds is 4. The molecule has 2 rings (SSSR count). The van der Waals surface area contributed by atoms with E-state index in [0.717, 1.165) is 37.7 Å². The second-order valence-corrected chi connectivity index (χ2v) is 6.75. The molecule has 0 bridgehead atoms. The molecule has 0 spiro atoms. The van der Waals surface area contributed by atoms with Gasteiger partial charge in [0.15, 0.2) is 5.78 Å². The van der Waals surface area contributed by atoms with E-state index in [1.807, 2.05) is 0 Å². The minimum atomic E-state index is 0.358. The summed E-state index contributed by atoms with van der Waals surface area (Å²) in [6.07, 6.45) is 5.03. The molecule has 19 heavy (non-hydrogen) atoms. The van der Waals surface area contributed by atoms with Crippen molar-refractivity contribution in [3.05, 3.63) is 34.4 Å². The van der Waals surface area contributed by atoms with Crippen LogP contribution in [0.1, 0.15) is 67.6 Å². The molecular formula is C18H26O. The molecule has 1 aliphatic carbocycles. The summed E-state index contributed by atoms with van der Waals surface area (Å²) in [4.78, 5) is 12.2. The van der Waals surface area contributed by atoms with Crippen LogP contribution in [-0.4, -0.2) is 5.78 Å². The number of fused-ring (bicyclic) bond motifs is 1. The van der Waals surface area contributed by atoms with Crippen molar-refractivity contribution in [2.75, 3.05) is 0 Å². The lowest BCUT2D eigenvalue weighted by Gasteiger charge is -2.22. The van der Waals surface area contributed by atoms with E-state index in [1.54, 1.807) is 0 Å². The summed E-state index contributed by atoms with van der Waals surface area (Å²) in [5.74, 6) is 1.65. The van der Waals surface area contributed by atoms with Crippen molar-refractivity contribution >= 4 is 5.78 Å². The topological polar surface area (TPSA) is 17.1 Å². The van der Waals surface area contributed by atoms with Crippen LogP contribution < -0.4 is 0 Å². The van der Waals surface area contributed by atoms with Gasteiger partial charge in [0, 0.05) is 12.0 Å². The summed E-state index contributed by atoms with van der Waals surface area (Å²) in [5.41, 5.74) is 5.15. The van der Waals surface area contributed by atoms with Crippen LogP contribution in [0.25, 0.3) is 0 Å². The summed E-state index contributed by atoms with van der Waals surface area (Å²) in [5, 5.41) is 0. The van der Waals surface area contributed by atoms with Crippen LogP contribution in [-0.2, 0) is 19.3 Å². The first-order valence-electron chi connectivity index (χ1n) is 7.65. The number of hydrogen-bond donors (Lipinski definition) is 0. The van der Waals surface area contributed by atoms with Crippen LogP contribution in [0, 0.1) is 11.8 Å². The molecule has 0 aromatic heterocycles. The highest BCUT2D eigenvalue weighted by Crippen LogP contribution is 2.28. The molecule has 1 nitrogen and oxygen atoms in total. The monoisotopic (exact) mass is 258 g/mol. The van der Waals surface area contributed by atoms with Gasteiger partial charge in [-0.3, -0.25) is 4.79 Å². The van der Waals surface area contributed by atoms with Gasteiger partial charge in [-0.15, -0.1) is 0 Å². The second-order valence-electron chi connectivity index (χ2n) is 6.75. The van der Waals surface area contributed by atoms with Crippen molar-refractivity contribution in [2.24, 2.45) is 11.8 Å². The van der Waals surface area contributed by atoms with E-state index in [9.17, 15) is 4.79 Å². The maximum Gasteiger partial charge on any atom is 0.163 e. The third-order valence-corrected chi connectivity index (χ3v) is 3.81. The standard InChI is InChI=1S/C18H26O/c1-12(2)8-14-10-15(9-13(3)4)16-6-5-7-18(19)17(16)11-14/h10-13H,5-9H2,1-4H3. The summed E-state index contributed by atoms with van der Waals surface area (Å²) < 4.78 is 0. The van der Waals surface area contributed by atoms with Gasteiger partial charge in [0.1, 0.15) is 0 Å². The van der Waals surface area contributed by atoms with Gasteiger partial charge >= 0.3 is 0 Å². The van der Waals surface area contributed by atoms with Crippen LogP contribution >= 0.6 is 0 Å². The van der Waals surface area contributed by atoms with E-state index < -0.39 is 0 Å². The quantitative estimate of drug-likeness (QED) is 0.771. The summed E-state index contributed by atoms with van der Waals surface area (Å²) in [6.45, 7) is 8.99. The highest BCUT2D eigenvalue weighted by molar-refractivity contribution is 5.99. The van der Waals surface area contributed by atoms with E-state index >= 15 is 0 Å². The van der Waals surface area contributed by atoms with Gasteiger partial charge in [0.2, 0.25) is 0 Å². The average molecular weight is 258 g/mol. The number of carbonyl (C=O) groups excluding carboxylic acids is 1. The van der Waals surface area contributed by atoms with Gasteiger partial charge in [-0.05, 0) is 60.3 Å². The van der Waals surface area contributed by atoms with Crippen molar-refractivity contribution in [2.45, 2.75) is 59.8 Å². The lowest BCUT2D eigenvalue weighted by atomic mass is 9.82. The van der Waals surface area contributed by atoms with Crippen LogP contribution in [0.2, 0.25) is 0 Å². The van der Waals surface area contributed by atoms with Crippen molar-refractivity contribution in [3.63, 3.8) is 0 Å². The Kier molecular flexibility index (Phi) is 4.44. The Hall–Kier alpha value is -1.11. The van der Waals surface area contributed by atoms with Crippen molar-refractivity contribution in [1.29, 1.82) is 0 Å². The van der Waals surface area contributed by atoms with Gasteiger partial charge in [-0.2, -0.15) is 0 Å². The molecule has 0 saturated heterocycles. The average Bonchev–Trinajstić information content (AvgIpc) is 2.29. The highest BCUT2D eigenvalue weighted by Gasteiger charge is 2.21. The maximum absolute atomic E-state index is 12.2. The van der Waals surface area contributed by atoms with E-state index in [1.165, 1.54) is 16.7 Å². The summed E-state index contributed by atoms with van der Waals surface area (Å²) in [6, 6.07) is 4.53. The molecule has 0 heterocycles. The fourth-order valence-electron chi connectivity index (χ4n) is 3.11. The Balaban J connectivity index is 2.44. The third kappa shape index (κ3) is 3.46. The molecule has 104 valence electrons. The Labute approximate surface area is 117 Å². The SMILES string of the molecule is CC(C)Cc1cc(CC(C)C)c2c(c1)C(=O)CCC2. The van der Waals surface area contributed by atoms with Crippen molar-refractivity contribution in [3.8, 4) is 0 Å². The Morgan fingerprint density at radius 3 is 2.32 bits per heavy atom. The zero-order valence-electron chi connectivity index (χ0n) is 12.8. The van der Waals surface area contributed by atoms with Crippen molar-refractivity contribution < 1.29 is 4.79 Å². The first-order valence-corrected chi connectivity index (χ1v) is 7.65. The van der Waals surface area contributed by atoms with E-state index in [-0.39, 0.29) is 0 Å². The first kappa shape index (κ1) is 14.3. The highest BCUT2D eigenvalue weighted by atomic mass is 16.1. The third-order valence-electron chi connectivity index (χ3n) is 3.81. The molecule has 0 radical (unpaired) electrons. The zero-order valence-corrected chi connectivity index (χ0v) is 12.8. The lowest BCUT2D eigenvalue weighted by Crippen LogP contribution is -2.15. The maximum atomic E-state index is 12.2. The van der Waals surface area contributed by atoms with E-state index in [4.69, 9.17) is 0 Å². The van der Waals surface area contributed by atoms with Crippen LogP contribution in [0.15, 0.2) is 12.1 Å². The predicted molar refractivity (Wildman–Crippen MR) is 80.8 cm³/mol. The van der Waals surface area contributed by atoms with E-state index in [2.05, 4.69) is 39.8 Å². The fourth-order valence-corrected chi connectivity index (χ4v) is 3.11. The lowest BCUT2D eigenvalue weighted by molar-refractivity contribution is 0.0972. The Morgan fingerprint density at radius 2 is 1.68 bits per heavy atom. The molecule has 1 aromatic carbocycles. The molecule has 0 amide bonds. The molecule has 0 aliphatic heterocycles. The molecule has 0 unspecified atom stereocenters. The first-order chi connectivity index (χ1) is 8.97. The minimum Gasteiger partial charge on any atom is -0.294 e. The number of ketones is 1. The predicted octanol–water partition coefficient (Wildman–Crippen LogP) is 4.60. The molecule has 0 N–H and O–H groups in total. The van der Waals surface area contributed by atoms with Crippen LogP contribution in [0.4, 0.5) is 0 Å². The number of benzene rings is 1.